The summed E-state index contributed by atoms with van der Waals surface area (Å²) in [5.74, 6) is 1.18. The molecule has 0 radical (unpaired) electrons. The van der Waals surface area contributed by atoms with Crippen LogP contribution in [-0.2, 0) is 14.3 Å². The number of ether oxygens (including phenoxy) is 2. The smallest absolute Gasteiger partial charge is 0.220 e. The predicted octanol–water partition coefficient (Wildman–Crippen LogP) is 3.30. The van der Waals surface area contributed by atoms with Crippen LogP contribution in [0.3, 0.4) is 0 Å². The van der Waals surface area contributed by atoms with Gasteiger partial charge in [0.05, 0.1) is 18.8 Å². The van der Waals surface area contributed by atoms with Gasteiger partial charge in [-0.25, -0.2) is 4.39 Å². The average Bonchev–Trinajstić information content (AvgIpc) is 2.70. The van der Waals surface area contributed by atoms with Crippen LogP contribution in [0.15, 0.2) is 0 Å². The van der Waals surface area contributed by atoms with Crippen molar-refractivity contribution < 1.29 is 18.7 Å². The molecule has 3 rings (SSSR count). The molecule has 0 aromatic heterocycles. The summed E-state index contributed by atoms with van der Waals surface area (Å²) in [6.07, 6.45) is 9.75. The highest BCUT2D eigenvalue weighted by molar-refractivity contribution is 5.76. The molecule has 2 aliphatic carbocycles. The van der Waals surface area contributed by atoms with E-state index in [2.05, 4.69) is 4.90 Å². The molecular formula is C22H39FN2O3. The summed E-state index contributed by atoms with van der Waals surface area (Å²) in [5, 5.41) is 0. The van der Waals surface area contributed by atoms with Crippen LogP contribution >= 0.6 is 0 Å². The number of primary amides is 1. The first-order valence-corrected chi connectivity index (χ1v) is 11.3. The van der Waals surface area contributed by atoms with Crippen LogP contribution in [0.4, 0.5) is 4.39 Å². The van der Waals surface area contributed by atoms with Crippen molar-refractivity contribution in [2.75, 3.05) is 33.4 Å². The Morgan fingerprint density at radius 2 is 1.71 bits per heavy atom. The molecule has 1 amide bonds. The number of piperidine rings is 1. The highest BCUT2D eigenvalue weighted by Crippen LogP contribution is 2.37. The molecule has 0 spiro atoms. The Bertz CT molecular complexity index is 476. The molecule has 6 heteroatoms. The second kappa shape index (κ2) is 10.9. The minimum Gasteiger partial charge on any atom is -0.378 e. The van der Waals surface area contributed by atoms with E-state index in [-0.39, 0.29) is 17.9 Å². The van der Waals surface area contributed by atoms with E-state index >= 15 is 0 Å². The largest absolute Gasteiger partial charge is 0.378 e. The monoisotopic (exact) mass is 398 g/mol. The number of halogens is 1. The van der Waals surface area contributed by atoms with Gasteiger partial charge in [0.1, 0.15) is 6.17 Å². The van der Waals surface area contributed by atoms with Crippen LogP contribution in [0.1, 0.15) is 64.2 Å². The van der Waals surface area contributed by atoms with Crippen LogP contribution in [0.25, 0.3) is 0 Å². The number of carbonyl (C=O) groups is 1. The molecule has 3 aliphatic rings. The third-order valence-corrected chi connectivity index (χ3v) is 7.34. The molecule has 2 saturated carbocycles. The quantitative estimate of drug-likeness (QED) is 0.681. The van der Waals surface area contributed by atoms with E-state index in [0.29, 0.717) is 18.4 Å². The number of carbonyl (C=O) groups excluding carboxylic acids is 1. The number of amides is 1. The SMILES string of the molecule is COC1CCC(CC2CCC(OCCN3CCC(C(N)=O)CC3)CC2)CC1F. The second-order valence-corrected chi connectivity index (χ2v) is 9.24. The summed E-state index contributed by atoms with van der Waals surface area (Å²) < 4.78 is 25.5. The molecule has 3 fully saturated rings. The molecule has 1 aliphatic heterocycles. The van der Waals surface area contributed by atoms with Crippen molar-refractivity contribution in [1.29, 1.82) is 0 Å². The van der Waals surface area contributed by atoms with Gasteiger partial charge in [-0.05, 0) is 89.1 Å². The number of hydrogen-bond acceptors (Lipinski definition) is 4. The third kappa shape index (κ3) is 6.39. The van der Waals surface area contributed by atoms with Gasteiger partial charge in [-0.15, -0.1) is 0 Å². The molecule has 3 atom stereocenters. The lowest BCUT2D eigenvalue weighted by atomic mass is 9.76. The van der Waals surface area contributed by atoms with Crippen LogP contribution < -0.4 is 5.73 Å². The Kier molecular flexibility index (Phi) is 8.54. The lowest BCUT2D eigenvalue weighted by Gasteiger charge is -2.35. The van der Waals surface area contributed by atoms with Crippen molar-refractivity contribution in [1.82, 2.24) is 4.90 Å². The Morgan fingerprint density at radius 1 is 1.04 bits per heavy atom. The van der Waals surface area contributed by atoms with E-state index in [1.807, 2.05) is 0 Å². The van der Waals surface area contributed by atoms with E-state index in [4.69, 9.17) is 15.2 Å². The van der Waals surface area contributed by atoms with Gasteiger partial charge >= 0.3 is 0 Å². The Morgan fingerprint density at radius 3 is 2.32 bits per heavy atom. The van der Waals surface area contributed by atoms with Gasteiger partial charge in [0.2, 0.25) is 5.91 Å². The first-order chi connectivity index (χ1) is 13.5. The maximum atomic E-state index is 14.1. The van der Waals surface area contributed by atoms with E-state index in [1.165, 1.54) is 19.3 Å². The van der Waals surface area contributed by atoms with Crippen molar-refractivity contribution in [3.05, 3.63) is 0 Å². The lowest BCUT2D eigenvalue weighted by molar-refractivity contribution is -0.123. The minimum absolute atomic E-state index is 0.0599. The molecule has 0 bridgehead atoms. The Balaban J connectivity index is 1.25. The van der Waals surface area contributed by atoms with Gasteiger partial charge < -0.3 is 20.1 Å². The zero-order chi connectivity index (χ0) is 19.9. The van der Waals surface area contributed by atoms with Crippen molar-refractivity contribution in [3.63, 3.8) is 0 Å². The highest BCUT2D eigenvalue weighted by Gasteiger charge is 2.33. The van der Waals surface area contributed by atoms with E-state index in [0.717, 1.165) is 70.7 Å². The summed E-state index contributed by atoms with van der Waals surface area (Å²) in [5.41, 5.74) is 5.39. The van der Waals surface area contributed by atoms with Crippen LogP contribution in [0, 0.1) is 17.8 Å². The molecular weight excluding hydrogens is 359 g/mol. The number of rotatable bonds is 8. The van der Waals surface area contributed by atoms with Gasteiger partial charge in [-0.1, -0.05) is 0 Å². The first kappa shape index (κ1) is 22.0. The standard InChI is InChI=1S/C22H39FN2O3/c1-27-21-7-4-17(15-20(21)23)14-16-2-5-19(6-3-16)28-13-12-25-10-8-18(9-11-25)22(24)26/h16-21H,2-15H2,1H3,(H2,24,26). The van der Waals surface area contributed by atoms with Crippen molar-refractivity contribution in [2.24, 2.45) is 23.5 Å². The number of nitrogens with zero attached hydrogens (tertiary/aromatic N) is 1. The summed E-state index contributed by atoms with van der Waals surface area (Å²) in [6, 6.07) is 0. The topological polar surface area (TPSA) is 64.8 Å². The minimum atomic E-state index is -0.781. The molecule has 162 valence electrons. The maximum Gasteiger partial charge on any atom is 0.220 e. The number of methoxy groups -OCH3 is 1. The first-order valence-electron chi connectivity index (χ1n) is 11.3. The Hall–Kier alpha value is -0.720. The van der Waals surface area contributed by atoms with Gasteiger partial charge in [0, 0.05) is 19.6 Å². The van der Waals surface area contributed by atoms with Crippen LogP contribution in [0.2, 0.25) is 0 Å². The lowest BCUT2D eigenvalue weighted by Crippen LogP contribution is -2.40. The van der Waals surface area contributed by atoms with E-state index < -0.39 is 6.17 Å². The Labute approximate surface area is 169 Å². The molecule has 0 aromatic rings. The predicted molar refractivity (Wildman–Crippen MR) is 108 cm³/mol. The van der Waals surface area contributed by atoms with Crippen molar-refractivity contribution >= 4 is 5.91 Å². The zero-order valence-electron chi connectivity index (χ0n) is 17.5. The normalized spacial score (nSPS) is 35.7. The summed E-state index contributed by atoms with van der Waals surface area (Å²) >= 11 is 0. The summed E-state index contributed by atoms with van der Waals surface area (Å²) in [7, 11) is 1.63. The molecule has 28 heavy (non-hydrogen) atoms. The summed E-state index contributed by atoms with van der Waals surface area (Å²) in [6.45, 7) is 3.63. The van der Waals surface area contributed by atoms with Gasteiger partial charge in [-0.3, -0.25) is 4.79 Å². The molecule has 3 unspecified atom stereocenters. The molecule has 0 aromatic carbocycles. The second-order valence-electron chi connectivity index (χ2n) is 9.24. The number of nitrogens with two attached hydrogens (primary N) is 1. The van der Waals surface area contributed by atoms with Crippen LogP contribution in [0.5, 0.6) is 0 Å². The van der Waals surface area contributed by atoms with Crippen molar-refractivity contribution in [2.45, 2.75) is 82.6 Å². The molecule has 1 saturated heterocycles. The fourth-order valence-electron chi connectivity index (χ4n) is 5.44. The number of likely N-dealkylation sites (tertiary alicyclic amines) is 1. The zero-order valence-corrected chi connectivity index (χ0v) is 17.5. The third-order valence-electron chi connectivity index (χ3n) is 7.34. The maximum absolute atomic E-state index is 14.1. The summed E-state index contributed by atoms with van der Waals surface area (Å²) in [4.78, 5) is 13.6. The van der Waals surface area contributed by atoms with Gasteiger partial charge in [-0.2, -0.15) is 0 Å². The highest BCUT2D eigenvalue weighted by atomic mass is 19.1. The molecule has 1 heterocycles. The van der Waals surface area contributed by atoms with Gasteiger partial charge in [0.15, 0.2) is 0 Å². The average molecular weight is 399 g/mol. The van der Waals surface area contributed by atoms with Crippen molar-refractivity contribution in [3.8, 4) is 0 Å². The molecule has 2 N–H and O–H groups in total. The van der Waals surface area contributed by atoms with E-state index in [1.54, 1.807) is 7.11 Å². The number of alkyl halides is 1. The fourth-order valence-corrected chi connectivity index (χ4v) is 5.44. The van der Waals surface area contributed by atoms with E-state index in [9.17, 15) is 9.18 Å². The van der Waals surface area contributed by atoms with Gasteiger partial charge in [0.25, 0.3) is 0 Å². The molecule has 5 nitrogen and oxygen atoms in total. The fraction of sp³-hybridized carbons (Fsp3) is 0.955. The van der Waals surface area contributed by atoms with Crippen LogP contribution in [-0.4, -0.2) is 62.5 Å². The number of hydrogen-bond donors (Lipinski definition) is 1.